The van der Waals surface area contributed by atoms with Gasteiger partial charge in [-0.1, -0.05) is 0 Å². The van der Waals surface area contributed by atoms with Gasteiger partial charge >= 0.3 is 18.2 Å². The number of halogens is 3. The molecule has 0 saturated heterocycles. The Balaban J connectivity index is 4.63. The number of hydrogen-bond acceptors (Lipinski definition) is 3. The number of nitrogens with zero attached hydrogens (tertiary/aromatic N) is 1. The van der Waals surface area contributed by atoms with Gasteiger partial charge in [-0.2, -0.15) is 18.3 Å². The Morgan fingerprint density at radius 3 is 2.21 bits per heavy atom. The van der Waals surface area contributed by atoms with E-state index in [2.05, 4.69) is 10.8 Å². The number of hydrazone groups is 1. The molecule has 0 saturated carbocycles. The molecule has 0 aromatic rings. The summed E-state index contributed by atoms with van der Waals surface area (Å²) in [6, 6.07) is -1.31. The minimum absolute atomic E-state index is 1.30. The van der Waals surface area contributed by atoms with Crippen molar-refractivity contribution in [3.8, 4) is 0 Å². The van der Waals surface area contributed by atoms with Crippen LogP contribution in [-0.2, 0) is 4.79 Å². The van der Waals surface area contributed by atoms with Crippen LogP contribution in [0.1, 0.15) is 6.42 Å². The quantitative estimate of drug-likeness (QED) is 0.455. The Kier molecular flexibility index (Phi) is 3.87. The Hall–Kier alpha value is -1.80. The number of carboxylic acids is 1. The molecule has 0 fully saturated rings. The highest BCUT2D eigenvalue weighted by Crippen LogP contribution is 2.19. The number of nitrogens with two attached hydrogens (primary N) is 1. The van der Waals surface area contributed by atoms with E-state index in [-0.39, 0.29) is 0 Å². The molecule has 2 amide bonds. The lowest BCUT2D eigenvalue weighted by Crippen LogP contribution is -2.32. The number of primary amides is 1. The van der Waals surface area contributed by atoms with Gasteiger partial charge in [0.05, 0.1) is 6.42 Å². The van der Waals surface area contributed by atoms with Gasteiger partial charge in [-0.05, 0) is 0 Å². The van der Waals surface area contributed by atoms with E-state index in [9.17, 15) is 22.8 Å². The van der Waals surface area contributed by atoms with Crippen molar-refractivity contribution >= 4 is 17.7 Å². The maximum absolute atomic E-state index is 11.9. The minimum atomic E-state index is -4.92. The van der Waals surface area contributed by atoms with Gasteiger partial charge in [0.15, 0.2) is 5.71 Å². The van der Waals surface area contributed by atoms with Crippen molar-refractivity contribution in [2.24, 2.45) is 10.8 Å². The van der Waals surface area contributed by atoms with E-state index < -0.39 is 30.3 Å². The molecule has 0 unspecified atom stereocenters. The van der Waals surface area contributed by atoms with Crippen LogP contribution in [0.15, 0.2) is 5.10 Å². The van der Waals surface area contributed by atoms with Gasteiger partial charge in [-0.15, -0.1) is 0 Å². The molecular weight excluding hydrogens is 207 g/mol. The highest BCUT2D eigenvalue weighted by molar-refractivity contribution is 6.01. The second-order valence-corrected chi connectivity index (χ2v) is 2.10. The second kappa shape index (κ2) is 4.44. The van der Waals surface area contributed by atoms with Gasteiger partial charge in [0, 0.05) is 0 Å². The number of carbonyl (C=O) groups is 2. The average molecular weight is 213 g/mol. The summed E-state index contributed by atoms with van der Waals surface area (Å²) in [5.74, 6) is -1.72. The summed E-state index contributed by atoms with van der Waals surface area (Å²) in [5.41, 5.74) is 4.11. The molecule has 14 heavy (non-hydrogen) atoms. The molecule has 0 aliphatic heterocycles. The molecule has 0 radical (unpaired) electrons. The van der Waals surface area contributed by atoms with Gasteiger partial charge in [0.25, 0.3) is 0 Å². The van der Waals surface area contributed by atoms with Gasteiger partial charge in [-0.3, -0.25) is 4.79 Å². The highest BCUT2D eigenvalue weighted by Gasteiger charge is 2.37. The molecule has 0 heterocycles. The molecule has 9 heteroatoms. The molecular formula is C5H6F3N3O3. The molecule has 0 aliphatic carbocycles. The lowest BCUT2D eigenvalue weighted by atomic mass is 10.2. The number of rotatable bonds is 3. The molecule has 0 aromatic carbocycles. The second-order valence-electron chi connectivity index (χ2n) is 2.10. The molecule has 80 valence electrons. The standard InChI is InChI=1S/C5H6F3N3O3/c6-5(7,8)2(1-3(12)13)10-11-4(9)14/h1H2,(H,12,13)(H3,9,11,14)/b10-2-. The summed E-state index contributed by atoms with van der Waals surface area (Å²) in [5, 5.41) is 10.6. The van der Waals surface area contributed by atoms with E-state index in [1.165, 1.54) is 5.43 Å². The Morgan fingerprint density at radius 1 is 1.43 bits per heavy atom. The number of alkyl halides is 3. The molecule has 0 bridgehead atoms. The summed E-state index contributed by atoms with van der Waals surface area (Å²) in [6.45, 7) is 0. The summed E-state index contributed by atoms with van der Waals surface area (Å²) >= 11 is 0. The van der Waals surface area contributed by atoms with Crippen LogP contribution in [0.5, 0.6) is 0 Å². The number of aliphatic carboxylic acids is 1. The fraction of sp³-hybridized carbons (Fsp3) is 0.400. The predicted molar refractivity (Wildman–Crippen MR) is 38.5 cm³/mol. The van der Waals surface area contributed by atoms with Gasteiger partial charge in [0.2, 0.25) is 0 Å². The summed E-state index contributed by atoms with van der Waals surface area (Å²) in [7, 11) is 0. The van der Waals surface area contributed by atoms with Crippen molar-refractivity contribution in [2.75, 3.05) is 0 Å². The SMILES string of the molecule is NC(=O)N/N=C(/CC(=O)O)C(F)(F)F. The monoisotopic (exact) mass is 213 g/mol. The molecule has 6 nitrogen and oxygen atoms in total. The first-order chi connectivity index (χ1) is 6.23. The summed E-state index contributed by atoms with van der Waals surface area (Å²) in [6.07, 6.45) is -6.26. The molecule has 0 aliphatic rings. The van der Waals surface area contributed by atoms with E-state index in [1.54, 1.807) is 0 Å². The molecule has 4 N–H and O–H groups in total. The number of carboxylic acid groups (broad SMARTS) is 1. The van der Waals surface area contributed by atoms with Crippen LogP contribution in [0.4, 0.5) is 18.0 Å². The summed E-state index contributed by atoms with van der Waals surface area (Å²) in [4.78, 5) is 20.0. The number of carbonyl (C=O) groups excluding carboxylic acids is 1. The highest BCUT2D eigenvalue weighted by atomic mass is 19.4. The fourth-order valence-electron chi connectivity index (χ4n) is 0.469. The zero-order valence-electron chi connectivity index (χ0n) is 6.63. The first kappa shape index (κ1) is 12.2. The van der Waals surface area contributed by atoms with Crippen LogP contribution < -0.4 is 11.2 Å². The number of urea groups is 1. The fourth-order valence-corrected chi connectivity index (χ4v) is 0.469. The third-order valence-corrected chi connectivity index (χ3v) is 0.947. The third-order valence-electron chi connectivity index (χ3n) is 0.947. The smallest absolute Gasteiger partial charge is 0.431 e. The van der Waals surface area contributed by atoms with Crippen molar-refractivity contribution < 1.29 is 27.9 Å². The van der Waals surface area contributed by atoms with Gasteiger partial charge in [0.1, 0.15) is 0 Å². The van der Waals surface area contributed by atoms with Crippen LogP contribution in [0, 0.1) is 0 Å². The van der Waals surface area contributed by atoms with Crippen molar-refractivity contribution in [3.05, 3.63) is 0 Å². The molecule has 0 aromatic heterocycles. The van der Waals surface area contributed by atoms with Crippen molar-refractivity contribution in [1.82, 2.24) is 5.43 Å². The third kappa shape index (κ3) is 4.95. The van der Waals surface area contributed by atoms with Crippen LogP contribution in [0.2, 0.25) is 0 Å². The van der Waals surface area contributed by atoms with E-state index in [0.29, 0.717) is 0 Å². The Labute approximate surface area is 75.6 Å². The van der Waals surface area contributed by atoms with Crippen molar-refractivity contribution in [2.45, 2.75) is 12.6 Å². The van der Waals surface area contributed by atoms with Crippen LogP contribution in [0.25, 0.3) is 0 Å². The number of nitrogens with one attached hydrogen (secondary N) is 1. The molecule has 0 spiro atoms. The normalized spacial score (nSPS) is 12.4. The van der Waals surface area contributed by atoms with E-state index in [0.717, 1.165) is 0 Å². The molecule has 0 rings (SSSR count). The maximum atomic E-state index is 11.9. The van der Waals surface area contributed by atoms with Gasteiger partial charge in [-0.25, -0.2) is 10.2 Å². The van der Waals surface area contributed by atoms with Crippen LogP contribution >= 0.6 is 0 Å². The van der Waals surface area contributed by atoms with Crippen LogP contribution in [0.3, 0.4) is 0 Å². The van der Waals surface area contributed by atoms with Gasteiger partial charge < -0.3 is 10.8 Å². The summed E-state index contributed by atoms with van der Waals surface area (Å²) < 4.78 is 35.8. The van der Waals surface area contributed by atoms with Crippen molar-refractivity contribution in [3.63, 3.8) is 0 Å². The van der Waals surface area contributed by atoms with E-state index >= 15 is 0 Å². The topological polar surface area (TPSA) is 105 Å². The van der Waals surface area contributed by atoms with Crippen molar-refractivity contribution in [1.29, 1.82) is 0 Å². The first-order valence-corrected chi connectivity index (χ1v) is 3.14. The largest absolute Gasteiger partial charge is 0.481 e. The molecule has 0 atom stereocenters. The zero-order chi connectivity index (χ0) is 11.4. The maximum Gasteiger partial charge on any atom is 0.431 e. The Bertz CT molecular complexity index is 273. The lowest BCUT2D eigenvalue weighted by molar-refractivity contribution is -0.136. The van der Waals surface area contributed by atoms with Crippen LogP contribution in [-0.4, -0.2) is 29.0 Å². The number of amides is 2. The predicted octanol–water partition coefficient (Wildman–Crippen LogP) is 0.0477. The van der Waals surface area contributed by atoms with E-state index in [1.807, 2.05) is 0 Å². The average Bonchev–Trinajstić information content (AvgIpc) is 1.94. The van der Waals surface area contributed by atoms with E-state index in [4.69, 9.17) is 5.11 Å². The number of hydrogen-bond donors (Lipinski definition) is 3. The lowest BCUT2D eigenvalue weighted by Gasteiger charge is -2.07. The minimum Gasteiger partial charge on any atom is -0.481 e. The zero-order valence-corrected chi connectivity index (χ0v) is 6.63. The first-order valence-electron chi connectivity index (χ1n) is 3.14. The Morgan fingerprint density at radius 2 is 1.93 bits per heavy atom.